The molecule has 2 saturated heterocycles. The number of amides is 3. The number of carbonyl (C=O) groups is 3. The standard InChI is InChI=1S/C36H43ClF2N8O4/c1-22(42-13-18-51-4)28(20-40-2)25-7-8-27(32(39)31(25)38)30-21-43-33(45(30)3)34(48)44-24-5-6-26(29(37)19-24)36(50)47-16-14-46(15-17-47)35(49)23-9-11-41-12-10-23/h5-8,19-21,23,41-42H,9-18H2,1-4H3,(H,44,48)/b28-22+,40-20?. The van der Waals surface area contributed by atoms with Gasteiger partial charge in [0.15, 0.2) is 17.5 Å². The zero-order valence-corrected chi connectivity index (χ0v) is 29.9. The summed E-state index contributed by atoms with van der Waals surface area (Å²) >= 11 is 6.52. The van der Waals surface area contributed by atoms with Gasteiger partial charge in [0.1, 0.15) is 0 Å². The number of anilines is 1. The van der Waals surface area contributed by atoms with E-state index in [1.807, 2.05) is 4.90 Å². The molecular weight excluding hydrogens is 682 g/mol. The molecule has 0 radical (unpaired) electrons. The largest absolute Gasteiger partial charge is 0.386 e. The molecule has 3 aromatic rings. The first-order valence-electron chi connectivity index (χ1n) is 16.8. The summed E-state index contributed by atoms with van der Waals surface area (Å²) in [6.45, 7) is 6.05. The molecule has 0 unspecified atom stereocenters. The fourth-order valence-electron chi connectivity index (χ4n) is 6.34. The molecule has 0 saturated carbocycles. The van der Waals surface area contributed by atoms with E-state index in [1.54, 1.807) is 32.0 Å². The van der Waals surface area contributed by atoms with Crippen LogP contribution in [0.1, 0.15) is 46.3 Å². The number of aromatic nitrogens is 2. The van der Waals surface area contributed by atoms with Gasteiger partial charge in [-0.1, -0.05) is 17.7 Å². The highest BCUT2D eigenvalue weighted by atomic mass is 35.5. The van der Waals surface area contributed by atoms with E-state index in [0.29, 0.717) is 56.3 Å². The van der Waals surface area contributed by atoms with Gasteiger partial charge in [0, 0.05) is 94.1 Å². The summed E-state index contributed by atoms with van der Waals surface area (Å²) < 4.78 is 37.5. The molecule has 0 aliphatic carbocycles. The first-order valence-corrected chi connectivity index (χ1v) is 17.2. The number of nitrogens with one attached hydrogen (secondary N) is 3. The summed E-state index contributed by atoms with van der Waals surface area (Å²) in [4.78, 5) is 51.2. The van der Waals surface area contributed by atoms with Crippen LogP contribution in [0.15, 0.2) is 47.2 Å². The molecule has 272 valence electrons. The lowest BCUT2D eigenvalue weighted by molar-refractivity contribution is -0.137. The van der Waals surface area contributed by atoms with Crippen molar-refractivity contribution in [2.45, 2.75) is 19.8 Å². The Kier molecular flexibility index (Phi) is 12.6. The highest BCUT2D eigenvalue weighted by molar-refractivity contribution is 6.34. The predicted octanol–water partition coefficient (Wildman–Crippen LogP) is 4.22. The van der Waals surface area contributed by atoms with Crippen LogP contribution in [0.25, 0.3) is 16.8 Å². The number of imidazole rings is 1. The van der Waals surface area contributed by atoms with Crippen molar-refractivity contribution in [3.05, 3.63) is 75.8 Å². The number of ether oxygens (including phenoxy) is 1. The Bertz CT molecular complexity index is 1830. The second kappa shape index (κ2) is 17.0. The van der Waals surface area contributed by atoms with Gasteiger partial charge in [-0.25, -0.2) is 13.8 Å². The quantitative estimate of drug-likeness (QED) is 0.199. The highest BCUT2D eigenvalue weighted by Crippen LogP contribution is 2.31. The first kappa shape index (κ1) is 37.6. The Morgan fingerprint density at radius 1 is 1.06 bits per heavy atom. The minimum absolute atomic E-state index is 0.0215. The van der Waals surface area contributed by atoms with Gasteiger partial charge in [-0.05, 0) is 57.1 Å². The predicted molar refractivity (Wildman–Crippen MR) is 193 cm³/mol. The average Bonchev–Trinajstić information content (AvgIpc) is 3.52. The number of hydrogen-bond donors (Lipinski definition) is 3. The third-order valence-electron chi connectivity index (χ3n) is 9.22. The van der Waals surface area contributed by atoms with Crippen LogP contribution in [0.3, 0.4) is 0 Å². The van der Waals surface area contributed by atoms with E-state index in [-0.39, 0.29) is 51.0 Å². The topological polar surface area (TPSA) is 133 Å². The van der Waals surface area contributed by atoms with Crippen LogP contribution in [0.5, 0.6) is 0 Å². The number of methoxy groups -OCH3 is 1. The van der Waals surface area contributed by atoms with E-state index in [0.717, 1.165) is 25.9 Å². The number of halogens is 3. The molecule has 2 aliphatic rings. The molecule has 0 spiro atoms. The van der Waals surface area contributed by atoms with Crippen molar-refractivity contribution in [1.82, 2.24) is 30.0 Å². The Morgan fingerprint density at radius 2 is 1.75 bits per heavy atom. The molecule has 2 aliphatic heterocycles. The number of aliphatic imine (C=N–C) groups is 1. The summed E-state index contributed by atoms with van der Waals surface area (Å²) in [5, 5.41) is 9.26. The normalized spacial score (nSPS) is 16.0. The number of nitrogens with zero attached hydrogens (tertiary/aromatic N) is 5. The molecule has 0 bridgehead atoms. The van der Waals surface area contributed by atoms with Crippen LogP contribution in [-0.4, -0.2) is 110 Å². The Labute approximate surface area is 300 Å². The van der Waals surface area contributed by atoms with Crippen molar-refractivity contribution in [3.63, 3.8) is 0 Å². The van der Waals surface area contributed by atoms with Gasteiger partial charge < -0.3 is 35.1 Å². The summed E-state index contributed by atoms with van der Waals surface area (Å²) in [6.07, 6.45) is 4.40. The smallest absolute Gasteiger partial charge is 0.291 e. The lowest BCUT2D eigenvalue weighted by Gasteiger charge is -2.37. The molecule has 15 heteroatoms. The van der Waals surface area contributed by atoms with Crippen molar-refractivity contribution >= 4 is 46.8 Å². The van der Waals surface area contributed by atoms with Gasteiger partial charge in [0.2, 0.25) is 5.91 Å². The lowest BCUT2D eigenvalue weighted by atomic mass is 9.96. The molecule has 2 fully saturated rings. The molecule has 12 nitrogen and oxygen atoms in total. The minimum Gasteiger partial charge on any atom is -0.386 e. The van der Waals surface area contributed by atoms with E-state index in [9.17, 15) is 14.4 Å². The summed E-state index contributed by atoms with van der Waals surface area (Å²) in [6, 6.07) is 7.45. The van der Waals surface area contributed by atoms with Gasteiger partial charge in [0.05, 0.1) is 29.1 Å². The second-order valence-corrected chi connectivity index (χ2v) is 12.9. The number of benzene rings is 2. The number of allylic oxidation sites excluding steroid dienone is 2. The van der Waals surface area contributed by atoms with Crippen molar-refractivity contribution in [1.29, 1.82) is 0 Å². The molecule has 3 amide bonds. The zero-order chi connectivity index (χ0) is 36.7. The molecule has 0 atom stereocenters. The van der Waals surface area contributed by atoms with E-state index in [2.05, 4.69) is 25.9 Å². The third kappa shape index (κ3) is 8.46. The summed E-state index contributed by atoms with van der Waals surface area (Å²) in [5.74, 6) is -2.93. The Hall–Kier alpha value is -4.66. The number of hydrogen-bond acceptors (Lipinski definition) is 8. The highest BCUT2D eigenvalue weighted by Gasteiger charge is 2.31. The average molecular weight is 725 g/mol. The number of piperidine rings is 1. The molecule has 5 rings (SSSR count). The maximum atomic E-state index is 15.6. The summed E-state index contributed by atoms with van der Waals surface area (Å²) in [7, 11) is 4.63. The molecule has 3 heterocycles. The Balaban J connectivity index is 1.25. The maximum Gasteiger partial charge on any atom is 0.291 e. The molecule has 1 aromatic heterocycles. The van der Waals surface area contributed by atoms with Crippen LogP contribution in [0, 0.1) is 17.6 Å². The van der Waals surface area contributed by atoms with E-state index in [4.69, 9.17) is 16.3 Å². The van der Waals surface area contributed by atoms with Crippen LogP contribution < -0.4 is 16.0 Å². The van der Waals surface area contributed by atoms with Crippen molar-refractivity contribution < 1.29 is 27.9 Å². The number of piperazine rings is 1. The van der Waals surface area contributed by atoms with Gasteiger partial charge in [-0.15, -0.1) is 0 Å². The monoisotopic (exact) mass is 724 g/mol. The van der Waals surface area contributed by atoms with Crippen LogP contribution in [-0.2, 0) is 16.6 Å². The molecular formula is C36H43ClF2N8O4. The van der Waals surface area contributed by atoms with E-state index in [1.165, 1.54) is 48.3 Å². The van der Waals surface area contributed by atoms with Gasteiger partial charge in [-0.3, -0.25) is 19.4 Å². The lowest BCUT2D eigenvalue weighted by Crippen LogP contribution is -2.52. The van der Waals surface area contributed by atoms with Crippen molar-refractivity contribution in [2.24, 2.45) is 18.0 Å². The van der Waals surface area contributed by atoms with Crippen LogP contribution in [0.4, 0.5) is 14.5 Å². The van der Waals surface area contributed by atoms with Crippen molar-refractivity contribution in [3.8, 4) is 11.3 Å². The minimum atomic E-state index is -1.10. The third-order valence-corrected chi connectivity index (χ3v) is 9.54. The second-order valence-electron chi connectivity index (χ2n) is 12.5. The number of carbonyl (C=O) groups excluding carboxylic acids is 3. The molecule has 2 aromatic carbocycles. The van der Waals surface area contributed by atoms with Gasteiger partial charge in [-0.2, -0.15) is 0 Å². The maximum absolute atomic E-state index is 15.6. The van der Waals surface area contributed by atoms with Crippen molar-refractivity contribution in [2.75, 3.05) is 71.9 Å². The van der Waals surface area contributed by atoms with E-state index >= 15 is 8.78 Å². The zero-order valence-electron chi connectivity index (χ0n) is 29.2. The van der Waals surface area contributed by atoms with Gasteiger partial charge in [0.25, 0.3) is 11.8 Å². The molecule has 51 heavy (non-hydrogen) atoms. The molecule has 3 N–H and O–H groups in total. The SMILES string of the molecule is CN=C/C(=C(/C)NCCOC)c1ccc(-c2cnc(C(=O)Nc3ccc(C(=O)N4CCN(C(=O)C5CCNCC5)CC4)c(Cl)c3)n2C)c(F)c1F. The van der Waals surface area contributed by atoms with Crippen LogP contribution >= 0.6 is 11.6 Å². The fraction of sp³-hybridized carbons (Fsp3) is 0.417. The number of rotatable bonds is 11. The van der Waals surface area contributed by atoms with Gasteiger partial charge >= 0.3 is 0 Å². The van der Waals surface area contributed by atoms with Crippen LogP contribution in [0.2, 0.25) is 5.02 Å². The van der Waals surface area contributed by atoms with E-state index < -0.39 is 17.5 Å². The fourth-order valence-corrected chi connectivity index (χ4v) is 6.60. The summed E-state index contributed by atoms with van der Waals surface area (Å²) in [5.41, 5.74) is 1.70. The first-order chi connectivity index (χ1) is 24.5. The Morgan fingerprint density at radius 3 is 2.41 bits per heavy atom.